The number of fused-ring (bicyclic) bond motifs is 3. The Morgan fingerprint density at radius 1 is 1.06 bits per heavy atom. The number of aromatic nitrogens is 3. The zero-order valence-electron chi connectivity index (χ0n) is 17.7. The van der Waals surface area contributed by atoms with Gasteiger partial charge in [0.2, 0.25) is 0 Å². The van der Waals surface area contributed by atoms with Gasteiger partial charge in [-0.25, -0.2) is 9.97 Å². The Morgan fingerprint density at radius 3 is 2.78 bits per heavy atom. The van der Waals surface area contributed by atoms with E-state index in [4.69, 9.17) is 42.1 Å². The summed E-state index contributed by atoms with van der Waals surface area (Å²) in [5.74, 6) is -0.737. The smallest absolute Gasteiger partial charge is 0.164 e. The van der Waals surface area contributed by atoms with Crippen molar-refractivity contribution in [1.29, 1.82) is 0 Å². The van der Waals surface area contributed by atoms with E-state index < -0.39 is 12.0 Å². The highest BCUT2D eigenvalue weighted by atomic mass is 35.5. The fourth-order valence-corrected chi connectivity index (χ4v) is 5.51. The Bertz CT molecular complexity index is 1180. The second-order valence-electron chi connectivity index (χ2n) is 8.92. The molecule has 0 N–H and O–H groups in total. The first-order chi connectivity index (χ1) is 15.4. The third-order valence-electron chi connectivity index (χ3n) is 6.40. The van der Waals surface area contributed by atoms with E-state index in [2.05, 4.69) is 9.97 Å². The molecule has 2 aromatic heterocycles. The van der Waals surface area contributed by atoms with E-state index in [1.165, 1.54) is 11.9 Å². The van der Waals surface area contributed by atoms with Gasteiger partial charge in [-0.2, -0.15) is 0 Å². The van der Waals surface area contributed by atoms with Crippen molar-refractivity contribution in [3.05, 3.63) is 58.1 Å². The molecular formula is C23H23Cl2N3O4. The predicted octanol–water partition coefficient (Wildman–Crippen LogP) is 4.86. The first kappa shape index (κ1) is 20.8. The van der Waals surface area contributed by atoms with Crippen molar-refractivity contribution >= 4 is 34.2 Å². The van der Waals surface area contributed by atoms with Crippen LogP contribution >= 0.6 is 23.2 Å². The van der Waals surface area contributed by atoms with Crippen LogP contribution in [0.4, 0.5) is 0 Å². The average Bonchev–Trinajstić information content (AvgIpc) is 3.35. The molecule has 0 bridgehead atoms. The molecule has 168 valence electrons. The van der Waals surface area contributed by atoms with Crippen molar-refractivity contribution in [3.8, 4) is 0 Å². The van der Waals surface area contributed by atoms with Crippen LogP contribution in [0.2, 0.25) is 10.2 Å². The molecule has 6 rings (SSSR count). The van der Waals surface area contributed by atoms with Gasteiger partial charge in [-0.15, -0.1) is 0 Å². The van der Waals surface area contributed by atoms with Crippen molar-refractivity contribution in [2.45, 2.75) is 63.1 Å². The fourth-order valence-electron chi connectivity index (χ4n) is 5.12. The number of rotatable bonds is 2. The number of nitrogens with zero attached hydrogens (tertiary/aromatic N) is 3. The number of aryl methyl sites for hydroxylation is 1. The van der Waals surface area contributed by atoms with Crippen LogP contribution in [-0.2, 0) is 25.4 Å². The van der Waals surface area contributed by atoms with Gasteiger partial charge in [-0.1, -0.05) is 29.3 Å². The van der Waals surface area contributed by atoms with Crippen molar-refractivity contribution < 1.29 is 18.9 Å². The van der Waals surface area contributed by atoms with Gasteiger partial charge in [0.15, 0.2) is 12.0 Å². The number of benzene rings is 1. The normalized spacial score (nSPS) is 31.4. The van der Waals surface area contributed by atoms with Crippen molar-refractivity contribution in [1.82, 2.24) is 14.5 Å². The molecule has 3 aliphatic rings. The van der Waals surface area contributed by atoms with Gasteiger partial charge in [0.1, 0.15) is 41.5 Å². The van der Waals surface area contributed by atoms with Crippen molar-refractivity contribution in [2.24, 2.45) is 0 Å². The highest BCUT2D eigenvalue weighted by Crippen LogP contribution is 2.49. The summed E-state index contributed by atoms with van der Waals surface area (Å²) in [4.78, 5) is 8.52. The summed E-state index contributed by atoms with van der Waals surface area (Å²) in [5.41, 5.74) is 2.97. The average molecular weight is 476 g/mol. The van der Waals surface area contributed by atoms with E-state index in [1.54, 1.807) is 0 Å². The third-order valence-corrected chi connectivity index (χ3v) is 6.93. The molecule has 1 unspecified atom stereocenters. The minimum Gasteiger partial charge on any atom is -0.371 e. The summed E-state index contributed by atoms with van der Waals surface area (Å²) in [7, 11) is 0. The summed E-state index contributed by atoms with van der Waals surface area (Å²) < 4.78 is 27.6. The van der Waals surface area contributed by atoms with Gasteiger partial charge in [0.25, 0.3) is 0 Å². The molecular weight excluding hydrogens is 453 g/mol. The molecule has 9 heteroatoms. The molecule has 0 radical (unpaired) electrons. The van der Waals surface area contributed by atoms with Gasteiger partial charge in [0.05, 0.1) is 5.39 Å². The highest BCUT2D eigenvalue weighted by Gasteiger charge is 2.58. The zero-order valence-corrected chi connectivity index (χ0v) is 19.2. The Morgan fingerprint density at radius 2 is 1.91 bits per heavy atom. The van der Waals surface area contributed by atoms with Crippen molar-refractivity contribution in [2.75, 3.05) is 6.61 Å². The van der Waals surface area contributed by atoms with E-state index in [9.17, 15) is 0 Å². The van der Waals surface area contributed by atoms with Crippen molar-refractivity contribution in [3.63, 3.8) is 0 Å². The van der Waals surface area contributed by atoms with Crippen LogP contribution in [0.25, 0.3) is 11.0 Å². The second kappa shape index (κ2) is 7.65. The van der Waals surface area contributed by atoms with Gasteiger partial charge in [0, 0.05) is 17.8 Å². The Balaban J connectivity index is 1.42. The Labute approximate surface area is 195 Å². The number of ether oxygens (including phenoxy) is 4. The molecule has 7 nitrogen and oxygen atoms in total. The molecule has 2 saturated heterocycles. The molecule has 5 atom stereocenters. The maximum atomic E-state index is 6.65. The van der Waals surface area contributed by atoms with Crippen LogP contribution in [0.3, 0.4) is 0 Å². The summed E-state index contributed by atoms with van der Waals surface area (Å²) in [6.45, 7) is 4.49. The predicted molar refractivity (Wildman–Crippen MR) is 119 cm³/mol. The number of halogens is 2. The molecule has 1 aromatic carbocycles. The molecule has 5 heterocycles. The summed E-state index contributed by atoms with van der Waals surface area (Å²) in [6, 6.07) is 7.86. The monoisotopic (exact) mass is 475 g/mol. The van der Waals surface area contributed by atoms with Gasteiger partial charge >= 0.3 is 0 Å². The maximum Gasteiger partial charge on any atom is 0.164 e. The Hall–Kier alpha value is -1.74. The quantitative estimate of drug-likeness (QED) is 0.493. The van der Waals surface area contributed by atoms with Gasteiger partial charge < -0.3 is 23.5 Å². The van der Waals surface area contributed by atoms with E-state index in [0.717, 1.165) is 28.8 Å². The van der Waals surface area contributed by atoms with Crippen LogP contribution in [0.15, 0.2) is 36.8 Å². The Kier molecular flexibility index (Phi) is 4.98. The highest BCUT2D eigenvalue weighted by molar-refractivity contribution is 6.33. The summed E-state index contributed by atoms with van der Waals surface area (Å²) in [6.07, 6.45) is 3.46. The molecule has 3 aromatic rings. The molecule has 2 fully saturated rings. The lowest BCUT2D eigenvalue weighted by atomic mass is 9.94. The lowest BCUT2D eigenvalue weighted by Gasteiger charge is -2.29. The maximum absolute atomic E-state index is 6.65. The van der Waals surface area contributed by atoms with Gasteiger partial charge in [-0.05, 0) is 56.0 Å². The standard InChI is InChI=1S/C23H23Cl2N3O4/c1-23(2)31-18-17(16-14-6-5-13(24)10-12(14)4-3-9-29-16)30-22(19(18)32-23)28-8-7-15-20(25)26-11-27-21(15)28/h5-8,10-11,16-19,22H,3-4,9H2,1-2H3/t16-,17?,18-,19-,22-/m1/s1. The minimum absolute atomic E-state index is 0.292. The third kappa shape index (κ3) is 3.34. The van der Waals surface area contributed by atoms with E-state index in [-0.39, 0.29) is 24.4 Å². The lowest BCUT2D eigenvalue weighted by Crippen LogP contribution is -2.35. The van der Waals surface area contributed by atoms with Crippen LogP contribution in [0, 0.1) is 0 Å². The zero-order chi connectivity index (χ0) is 22.0. The topological polar surface area (TPSA) is 67.6 Å². The summed E-state index contributed by atoms with van der Waals surface area (Å²) in [5, 5.41) is 1.90. The van der Waals surface area contributed by atoms with E-state index >= 15 is 0 Å². The van der Waals surface area contributed by atoms with E-state index in [0.29, 0.717) is 17.4 Å². The molecule has 0 spiro atoms. The molecule has 0 amide bonds. The second-order valence-corrected chi connectivity index (χ2v) is 9.71. The van der Waals surface area contributed by atoms with Crippen LogP contribution < -0.4 is 0 Å². The molecule has 3 aliphatic heterocycles. The summed E-state index contributed by atoms with van der Waals surface area (Å²) >= 11 is 12.6. The van der Waals surface area contributed by atoms with Crippen LogP contribution in [0.5, 0.6) is 0 Å². The van der Waals surface area contributed by atoms with E-state index in [1.807, 2.05) is 48.9 Å². The molecule has 0 saturated carbocycles. The fraction of sp³-hybridized carbons (Fsp3) is 0.478. The lowest BCUT2D eigenvalue weighted by molar-refractivity contribution is -0.211. The number of hydrogen-bond acceptors (Lipinski definition) is 6. The SMILES string of the molecule is CC1(C)O[C@@H]2[C@H](O1)C([C@@H]1OCCCc3cc(Cl)ccc31)O[C@H]2n1ccc2c(Cl)ncnc21. The molecule has 0 aliphatic carbocycles. The van der Waals surface area contributed by atoms with Crippen LogP contribution in [0.1, 0.15) is 43.7 Å². The van der Waals surface area contributed by atoms with Crippen LogP contribution in [-0.4, -0.2) is 45.2 Å². The first-order valence-electron chi connectivity index (χ1n) is 10.8. The first-order valence-corrected chi connectivity index (χ1v) is 11.5. The largest absolute Gasteiger partial charge is 0.371 e. The minimum atomic E-state index is -0.737. The molecule has 32 heavy (non-hydrogen) atoms. The van der Waals surface area contributed by atoms with Gasteiger partial charge in [-0.3, -0.25) is 0 Å². The number of hydrogen-bond donors (Lipinski definition) is 0.